The Bertz CT molecular complexity index is 1310. The quantitative estimate of drug-likeness (QED) is 0.426. The molecule has 0 atom stereocenters. The topological polar surface area (TPSA) is 95.6 Å². The van der Waals surface area contributed by atoms with Crippen LogP contribution in [0.15, 0.2) is 77.7 Å². The van der Waals surface area contributed by atoms with Gasteiger partial charge in [-0.15, -0.1) is 0 Å². The number of rotatable bonds is 9. The summed E-state index contributed by atoms with van der Waals surface area (Å²) >= 11 is 5.93. The number of nitrogens with zero attached hydrogens (tertiary/aromatic N) is 1. The van der Waals surface area contributed by atoms with Crippen LogP contribution in [0.25, 0.3) is 0 Å². The Hall–Kier alpha value is -3.36. The average molecular weight is 514 g/mol. The van der Waals surface area contributed by atoms with E-state index in [2.05, 4.69) is 10.6 Å². The van der Waals surface area contributed by atoms with Gasteiger partial charge < -0.3 is 10.6 Å². The van der Waals surface area contributed by atoms with Crippen LogP contribution in [0, 0.1) is 12.8 Å². The molecule has 3 aromatic rings. The number of halogens is 1. The third-order valence-electron chi connectivity index (χ3n) is 5.10. The van der Waals surface area contributed by atoms with Crippen LogP contribution in [0.5, 0.6) is 0 Å². The third kappa shape index (κ3) is 6.83. The normalized spacial score (nSPS) is 11.2. The Morgan fingerprint density at radius 3 is 2.31 bits per heavy atom. The largest absolute Gasteiger partial charge is 0.352 e. The molecule has 0 aliphatic heterocycles. The first-order valence-corrected chi connectivity index (χ1v) is 12.9. The molecule has 184 valence electrons. The molecular weight excluding hydrogens is 486 g/mol. The predicted molar refractivity (Wildman–Crippen MR) is 139 cm³/mol. The second kappa shape index (κ2) is 11.4. The van der Waals surface area contributed by atoms with Gasteiger partial charge in [-0.3, -0.25) is 13.9 Å². The van der Waals surface area contributed by atoms with E-state index in [0.717, 1.165) is 9.87 Å². The fourth-order valence-corrected chi connectivity index (χ4v) is 4.87. The molecule has 3 aromatic carbocycles. The number of benzene rings is 3. The molecule has 9 heteroatoms. The van der Waals surface area contributed by atoms with Gasteiger partial charge in [0.25, 0.3) is 15.9 Å². The number of sulfonamides is 1. The van der Waals surface area contributed by atoms with Crippen LogP contribution in [0.4, 0.5) is 11.4 Å². The fourth-order valence-electron chi connectivity index (χ4n) is 3.33. The lowest BCUT2D eigenvalue weighted by Gasteiger charge is -2.24. The molecule has 0 aliphatic carbocycles. The van der Waals surface area contributed by atoms with Crippen LogP contribution in [0.3, 0.4) is 0 Å². The van der Waals surface area contributed by atoms with E-state index in [4.69, 9.17) is 11.6 Å². The molecule has 35 heavy (non-hydrogen) atoms. The minimum Gasteiger partial charge on any atom is -0.352 e. The van der Waals surface area contributed by atoms with Gasteiger partial charge in [0.05, 0.1) is 21.8 Å². The summed E-state index contributed by atoms with van der Waals surface area (Å²) in [7, 11) is -4.09. The summed E-state index contributed by atoms with van der Waals surface area (Å²) in [5.41, 5.74) is 1.78. The molecule has 0 heterocycles. The second-order valence-corrected chi connectivity index (χ2v) is 10.8. The number of anilines is 2. The van der Waals surface area contributed by atoms with Gasteiger partial charge in [0.2, 0.25) is 5.91 Å². The van der Waals surface area contributed by atoms with Gasteiger partial charge >= 0.3 is 0 Å². The number of carbonyl (C=O) groups is 2. The highest BCUT2D eigenvalue weighted by atomic mass is 35.5. The maximum Gasteiger partial charge on any atom is 0.264 e. The number of carbonyl (C=O) groups excluding carboxylic acids is 2. The minimum atomic E-state index is -4.09. The molecule has 3 rings (SSSR count). The van der Waals surface area contributed by atoms with Gasteiger partial charge in [-0.25, -0.2) is 8.42 Å². The van der Waals surface area contributed by atoms with Crippen molar-refractivity contribution in [1.82, 2.24) is 5.32 Å². The van der Waals surface area contributed by atoms with Crippen LogP contribution in [-0.4, -0.2) is 33.3 Å². The molecule has 2 amide bonds. The Kier molecular flexibility index (Phi) is 8.53. The molecule has 0 fully saturated rings. The number of para-hydroxylation sites is 1. The highest BCUT2D eigenvalue weighted by Crippen LogP contribution is 2.26. The zero-order chi connectivity index (χ0) is 25.6. The van der Waals surface area contributed by atoms with Crippen molar-refractivity contribution in [2.45, 2.75) is 25.7 Å². The average Bonchev–Trinajstić information content (AvgIpc) is 2.81. The molecular formula is C26H28ClN3O4S. The van der Waals surface area contributed by atoms with E-state index in [1.54, 1.807) is 42.5 Å². The van der Waals surface area contributed by atoms with Crippen molar-refractivity contribution in [2.24, 2.45) is 5.92 Å². The summed E-state index contributed by atoms with van der Waals surface area (Å²) < 4.78 is 28.1. The zero-order valence-corrected chi connectivity index (χ0v) is 21.4. The molecule has 0 aliphatic rings. The molecule has 0 unspecified atom stereocenters. The summed E-state index contributed by atoms with van der Waals surface area (Å²) in [5.74, 6) is -0.645. The first kappa shape index (κ1) is 26.2. The van der Waals surface area contributed by atoms with Gasteiger partial charge in [-0.1, -0.05) is 49.7 Å². The number of hydrogen-bond acceptors (Lipinski definition) is 4. The van der Waals surface area contributed by atoms with Gasteiger partial charge in [-0.05, 0) is 66.9 Å². The van der Waals surface area contributed by atoms with E-state index in [0.29, 0.717) is 28.5 Å². The van der Waals surface area contributed by atoms with E-state index < -0.39 is 22.5 Å². The van der Waals surface area contributed by atoms with Crippen molar-refractivity contribution in [3.05, 3.63) is 88.9 Å². The summed E-state index contributed by atoms with van der Waals surface area (Å²) in [5, 5.41) is 5.93. The third-order valence-corrected chi connectivity index (χ3v) is 7.14. The number of hydrogen-bond donors (Lipinski definition) is 2. The molecule has 0 saturated carbocycles. The van der Waals surface area contributed by atoms with E-state index >= 15 is 0 Å². The van der Waals surface area contributed by atoms with Gasteiger partial charge in [-0.2, -0.15) is 0 Å². The first-order valence-electron chi connectivity index (χ1n) is 11.1. The first-order chi connectivity index (χ1) is 16.6. The van der Waals surface area contributed by atoms with Crippen molar-refractivity contribution >= 4 is 44.8 Å². The Balaban J connectivity index is 1.90. The van der Waals surface area contributed by atoms with Crippen molar-refractivity contribution in [3.8, 4) is 0 Å². The van der Waals surface area contributed by atoms with E-state index in [9.17, 15) is 18.0 Å². The second-order valence-electron chi connectivity index (χ2n) is 8.50. The fraction of sp³-hybridized carbons (Fsp3) is 0.231. The lowest BCUT2D eigenvalue weighted by Crippen LogP contribution is -2.38. The van der Waals surface area contributed by atoms with E-state index in [1.807, 2.05) is 26.8 Å². The van der Waals surface area contributed by atoms with Crippen molar-refractivity contribution in [2.75, 3.05) is 22.7 Å². The smallest absolute Gasteiger partial charge is 0.264 e. The van der Waals surface area contributed by atoms with Gasteiger partial charge in [0.15, 0.2) is 0 Å². The van der Waals surface area contributed by atoms with Crippen LogP contribution in [0.1, 0.15) is 29.8 Å². The maximum absolute atomic E-state index is 13.5. The SMILES string of the molecule is Cc1cccc(N(CC(=O)Nc2ccccc2C(=O)NCC(C)C)S(=O)(=O)c2ccc(Cl)cc2)c1. The summed E-state index contributed by atoms with van der Waals surface area (Å²) in [6, 6.07) is 19.2. The number of aryl methyl sites for hydroxylation is 1. The van der Waals surface area contributed by atoms with Crippen molar-refractivity contribution in [3.63, 3.8) is 0 Å². The van der Waals surface area contributed by atoms with Gasteiger partial charge in [0.1, 0.15) is 6.54 Å². The molecule has 0 radical (unpaired) electrons. The van der Waals surface area contributed by atoms with Crippen LogP contribution in [-0.2, 0) is 14.8 Å². The molecule has 0 spiro atoms. The van der Waals surface area contributed by atoms with E-state index in [1.165, 1.54) is 24.3 Å². The number of nitrogens with one attached hydrogen (secondary N) is 2. The van der Waals surface area contributed by atoms with Crippen LogP contribution >= 0.6 is 11.6 Å². The molecule has 0 saturated heterocycles. The maximum atomic E-state index is 13.5. The summed E-state index contributed by atoms with van der Waals surface area (Å²) in [6.45, 7) is 5.80. The standard InChI is InChI=1S/C26H28ClN3O4S/c1-18(2)16-28-26(32)23-9-4-5-10-24(23)29-25(31)17-30(21-8-6-7-19(3)15-21)35(33,34)22-13-11-20(27)12-14-22/h4-15,18H,16-17H2,1-3H3,(H,28,32)(H,29,31). The minimum absolute atomic E-state index is 0.00432. The highest BCUT2D eigenvalue weighted by Gasteiger charge is 2.28. The monoisotopic (exact) mass is 513 g/mol. The van der Waals surface area contributed by atoms with Gasteiger partial charge in [0, 0.05) is 11.6 Å². The van der Waals surface area contributed by atoms with Crippen LogP contribution < -0.4 is 14.9 Å². The van der Waals surface area contributed by atoms with E-state index in [-0.39, 0.29) is 16.7 Å². The molecule has 0 bridgehead atoms. The van der Waals surface area contributed by atoms with Crippen LogP contribution in [0.2, 0.25) is 5.02 Å². The zero-order valence-electron chi connectivity index (χ0n) is 19.8. The lowest BCUT2D eigenvalue weighted by atomic mass is 10.1. The Morgan fingerprint density at radius 2 is 1.66 bits per heavy atom. The summed E-state index contributed by atoms with van der Waals surface area (Å²) in [6.07, 6.45) is 0. The molecule has 0 aromatic heterocycles. The molecule has 7 nitrogen and oxygen atoms in total. The lowest BCUT2D eigenvalue weighted by molar-refractivity contribution is -0.114. The number of amides is 2. The van der Waals surface area contributed by atoms with Crippen molar-refractivity contribution < 1.29 is 18.0 Å². The highest BCUT2D eigenvalue weighted by molar-refractivity contribution is 7.92. The Morgan fingerprint density at radius 1 is 0.971 bits per heavy atom. The molecule has 2 N–H and O–H groups in total. The summed E-state index contributed by atoms with van der Waals surface area (Å²) in [4.78, 5) is 25.7. The Labute approximate surface area is 211 Å². The van der Waals surface area contributed by atoms with Crippen molar-refractivity contribution in [1.29, 1.82) is 0 Å². The predicted octanol–water partition coefficient (Wildman–Crippen LogP) is 4.87.